The number of halogens is 1. The molecule has 1 saturated heterocycles. The average Bonchev–Trinajstić information content (AvgIpc) is 2.70. The molecular weight excluding hydrogens is 248 g/mol. The zero-order chi connectivity index (χ0) is 12.5. The average molecular weight is 265 g/mol. The molecule has 0 radical (unpaired) electrons. The highest BCUT2D eigenvalue weighted by atomic mass is 35.5. The van der Waals surface area contributed by atoms with Gasteiger partial charge in [0.1, 0.15) is 0 Å². The molecule has 1 aliphatic heterocycles. The first kappa shape index (κ1) is 12.0. The van der Waals surface area contributed by atoms with Gasteiger partial charge in [0, 0.05) is 48.3 Å². The van der Waals surface area contributed by atoms with E-state index in [0.717, 1.165) is 43.3 Å². The zero-order valence-electron chi connectivity index (χ0n) is 10.5. The SMILES string of the molecule is Cn1c(CN2CCOCC2)cc2c(Cl)cccc21. The number of ether oxygens (including phenoxy) is 1. The monoisotopic (exact) mass is 264 g/mol. The molecule has 1 fully saturated rings. The molecule has 1 aliphatic rings. The second kappa shape index (κ2) is 4.92. The Hall–Kier alpha value is -1.03. The molecule has 3 rings (SSSR count). The van der Waals surface area contributed by atoms with Gasteiger partial charge in [-0.2, -0.15) is 0 Å². The standard InChI is InChI=1S/C14H17ClN2O/c1-16-11(10-17-5-7-18-8-6-17)9-12-13(15)3-2-4-14(12)16/h2-4,9H,5-8,10H2,1H3. The second-order valence-electron chi connectivity index (χ2n) is 4.76. The van der Waals surface area contributed by atoms with E-state index in [4.69, 9.17) is 16.3 Å². The highest BCUT2D eigenvalue weighted by Gasteiger charge is 2.14. The Morgan fingerprint density at radius 1 is 1.28 bits per heavy atom. The molecule has 1 aromatic heterocycles. The first-order valence-corrected chi connectivity index (χ1v) is 6.66. The van der Waals surface area contributed by atoms with Crippen LogP contribution >= 0.6 is 11.6 Å². The van der Waals surface area contributed by atoms with Gasteiger partial charge in [-0.15, -0.1) is 0 Å². The summed E-state index contributed by atoms with van der Waals surface area (Å²) in [6, 6.07) is 8.27. The minimum absolute atomic E-state index is 0.830. The number of hydrogen-bond acceptors (Lipinski definition) is 2. The predicted molar refractivity (Wildman–Crippen MR) is 74.0 cm³/mol. The molecule has 0 amide bonds. The minimum Gasteiger partial charge on any atom is -0.379 e. The van der Waals surface area contributed by atoms with Crippen LogP contribution in [0, 0.1) is 0 Å². The molecule has 0 unspecified atom stereocenters. The van der Waals surface area contributed by atoms with Gasteiger partial charge in [0.25, 0.3) is 0 Å². The van der Waals surface area contributed by atoms with E-state index in [1.165, 1.54) is 11.2 Å². The Morgan fingerprint density at radius 2 is 2.06 bits per heavy atom. The lowest BCUT2D eigenvalue weighted by molar-refractivity contribution is 0.0333. The molecule has 0 spiro atoms. The van der Waals surface area contributed by atoms with Crippen molar-refractivity contribution in [3.05, 3.63) is 35.0 Å². The zero-order valence-corrected chi connectivity index (χ0v) is 11.3. The number of benzene rings is 1. The third kappa shape index (κ3) is 2.14. The number of aryl methyl sites for hydroxylation is 1. The first-order valence-electron chi connectivity index (χ1n) is 6.28. The Bertz CT molecular complexity index is 558. The third-order valence-corrected chi connectivity index (χ3v) is 3.95. The van der Waals surface area contributed by atoms with E-state index in [1.807, 2.05) is 12.1 Å². The summed E-state index contributed by atoms with van der Waals surface area (Å²) in [6.07, 6.45) is 0. The van der Waals surface area contributed by atoms with Gasteiger partial charge in [-0.3, -0.25) is 4.90 Å². The van der Waals surface area contributed by atoms with Gasteiger partial charge in [-0.05, 0) is 18.2 Å². The molecule has 0 N–H and O–H groups in total. The number of morpholine rings is 1. The maximum Gasteiger partial charge on any atom is 0.0594 e. The largest absolute Gasteiger partial charge is 0.379 e. The van der Waals surface area contributed by atoms with Crippen LogP contribution in [0.3, 0.4) is 0 Å². The normalized spacial score (nSPS) is 17.4. The van der Waals surface area contributed by atoms with Crippen LogP contribution in [0.25, 0.3) is 10.9 Å². The first-order chi connectivity index (χ1) is 8.75. The van der Waals surface area contributed by atoms with Crippen LogP contribution in [0.1, 0.15) is 5.69 Å². The van der Waals surface area contributed by atoms with E-state index >= 15 is 0 Å². The van der Waals surface area contributed by atoms with Crippen molar-refractivity contribution in [2.24, 2.45) is 7.05 Å². The molecule has 3 nitrogen and oxygen atoms in total. The highest BCUT2D eigenvalue weighted by molar-refractivity contribution is 6.35. The van der Waals surface area contributed by atoms with Gasteiger partial charge >= 0.3 is 0 Å². The molecule has 0 saturated carbocycles. The van der Waals surface area contributed by atoms with E-state index in [2.05, 4.69) is 28.6 Å². The molecule has 18 heavy (non-hydrogen) atoms. The van der Waals surface area contributed by atoms with Crippen LogP contribution in [0.5, 0.6) is 0 Å². The summed E-state index contributed by atoms with van der Waals surface area (Å²) in [4.78, 5) is 2.42. The quantitative estimate of drug-likeness (QED) is 0.830. The summed E-state index contributed by atoms with van der Waals surface area (Å²) >= 11 is 6.24. The van der Waals surface area contributed by atoms with Gasteiger partial charge in [-0.25, -0.2) is 0 Å². The van der Waals surface area contributed by atoms with E-state index in [9.17, 15) is 0 Å². The highest BCUT2D eigenvalue weighted by Crippen LogP contribution is 2.26. The lowest BCUT2D eigenvalue weighted by Gasteiger charge is -2.26. The topological polar surface area (TPSA) is 17.4 Å². The molecule has 0 bridgehead atoms. The van der Waals surface area contributed by atoms with Gasteiger partial charge in [0.15, 0.2) is 0 Å². The summed E-state index contributed by atoms with van der Waals surface area (Å²) in [5, 5.41) is 1.97. The van der Waals surface area contributed by atoms with E-state index in [0.29, 0.717) is 0 Å². The van der Waals surface area contributed by atoms with Crippen LogP contribution in [0.4, 0.5) is 0 Å². The Balaban J connectivity index is 1.92. The summed E-state index contributed by atoms with van der Waals surface area (Å²) < 4.78 is 7.61. The Labute approximate surface area is 112 Å². The molecule has 0 aliphatic carbocycles. The summed E-state index contributed by atoms with van der Waals surface area (Å²) in [5.74, 6) is 0. The molecular formula is C14H17ClN2O. The fraction of sp³-hybridized carbons (Fsp3) is 0.429. The van der Waals surface area contributed by atoms with E-state index < -0.39 is 0 Å². The van der Waals surface area contributed by atoms with Crippen molar-refractivity contribution in [3.8, 4) is 0 Å². The fourth-order valence-electron chi connectivity index (χ4n) is 2.52. The van der Waals surface area contributed by atoms with E-state index in [1.54, 1.807) is 0 Å². The molecule has 2 aromatic rings. The molecule has 1 aromatic carbocycles. The molecule has 4 heteroatoms. The smallest absolute Gasteiger partial charge is 0.0594 e. The van der Waals surface area contributed by atoms with Crippen molar-refractivity contribution >= 4 is 22.5 Å². The van der Waals surface area contributed by atoms with Crippen molar-refractivity contribution in [1.82, 2.24) is 9.47 Å². The summed E-state index contributed by atoms with van der Waals surface area (Å²) in [5.41, 5.74) is 2.51. The van der Waals surface area contributed by atoms with Gasteiger partial charge in [-0.1, -0.05) is 17.7 Å². The third-order valence-electron chi connectivity index (χ3n) is 3.62. The molecule has 0 atom stereocenters. The lowest BCUT2D eigenvalue weighted by atomic mass is 10.2. The van der Waals surface area contributed by atoms with Crippen LogP contribution in [-0.2, 0) is 18.3 Å². The maximum atomic E-state index is 6.24. The molecule has 2 heterocycles. The lowest BCUT2D eigenvalue weighted by Crippen LogP contribution is -2.36. The number of hydrogen-bond donors (Lipinski definition) is 0. The Morgan fingerprint density at radius 3 is 2.78 bits per heavy atom. The van der Waals surface area contributed by atoms with Gasteiger partial charge in [0.2, 0.25) is 0 Å². The van der Waals surface area contributed by atoms with Crippen LogP contribution in [-0.4, -0.2) is 35.8 Å². The van der Waals surface area contributed by atoms with Crippen LogP contribution < -0.4 is 0 Å². The van der Waals surface area contributed by atoms with Crippen molar-refractivity contribution in [1.29, 1.82) is 0 Å². The van der Waals surface area contributed by atoms with E-state index in [-0.39, 0.29) is 0 Å². The number of rotatable bonds is 2. The summed E-state index contributed by atoms with van der Waals surface area (Å²) in [7, 11) is 2.11. The summed E-state index contributed by atoms with van der Waals surface area (Å²) in [6.45, 7) is 4.66. The number of fused-ring (bicyclic) bond motifs is 1. The van der Waals surface area contributed by atoms with Crippen molar-refractivity contribution < 1.29 is 4.74 Å². The fourth-order valence-corrected chi connectivity index (χ4v) is 2.74. The van der Waals surface area contributed by atoms with Crippen molar-refractivity contribution in [2.75, 3.05) is 26.3 Å². The number of aromatic nitrogens is 1. The minimum atomic E-state index is 0.830. The van der Waals surface area contributed by atoms with Crippen LogP contribution in [0.15, 0.2) is 24.3 Å². The molecule has 96 valence electrons. The number of nitrogens with zero attached hydrogens (tertiary/aromatic N) is 2. The Kier molecular flexibility index (Phi) is 3.29. The maximum absolute atomic E-state index is 6.24. The van der Waals surface area contributed by atoms with Crippen LogP contribution in [0.2, 0.25) is 5.02 Å². The van der Waals surface area contributed by atoms with Crippen molar-refractivity contribution in [2.45, 2.75) is 6.54 Å². The second-order valence-corrected chi connectivity index (χ2v) is 5.16. The van der Waals surface area contributed by atoms with Gasteiger partial charge < -0.3 is 9.30 Å². The predicted octanol–water partition coefficient (Wildman–Crippen LogP) is 2.66. The van der Waals surface area contributed by atoms with Gasteiger partial charge in [0.05, 0.1) is 13.2 Å². The van der Waals surface area contributed by atoms with Crippen molar-refractivity contribution in [3.63, 3.8) is 0 Å².